The molecule has 10 rings (SSSR count). The van der Waals surface area contributed by atoms with Crippen molar-refractivity contribution in [1.82, 2.24) is 40.2 Å². The highest BCUT2D eigenvalue weighted by molar-refractivity contribution is 5.90. The molecule has 64 heavy (non-hydrogen) atoms. The third kappa shape index (κ3) is 9.05. The summed E-state index contributed by atoms with van der Waals surface area (Å²) >= 11 is 0. The van der Waals surface area contributed by atoms with E-state index >= 15 is 0 Å². The van der Waals surface area contributed by atoms with Crippen LogP contribution in [0.2, 0.25) is 0 Å². The molecule has 3 saturated heterocycles. The normalized spacial score (nSPS) is 19.2. The van der Waals surface area contributed by atoms with Gasteiger partial charge in [0, 0.05) is 68.7 Å². The Balaban J connectivity index is 0.000000162. The molecule has 3 aliphatic heterocycles. The number of fused-ring (bicyclic) bond motifs is 2. The maximum absolute atomic E-state index is 14.5. The van der Waals surface area contributed by atoms with Crippen molar-refractivity contribution in [2.24, 2.45) is 11.8 Å². The van der Waals surface area contributed by atoms with E-state index in [1.165, 1.54) is 0 Å². The lowest BCUT2D eigenvalue weighted by Gasteiger charge is -2.33. The highest BCUT2D eigenvalue weighted by atomic mass is 19.3. The topological polar surface area (TPSA) is 136 Å². The quantitative estimate of drug-likeness (QED) is 0.144. The number of pyridine rings is 2. The van der Waals surface area contributed by atoms with Crippen LogP contribution < -0.4 is 15.5 Å². The number of rotatable bonds is 8. The summed E-state index contributed by atoms with van der Waals surface area (Å²) in [7, 11) is 0. The number of halogens is 4. The molecule has 0 amide bonds. The molecule has 11 nitrogen and oxygen atoms in total. The number of anilines is 1. The highest BCUT2D eigenvalue weighted by Crippen LogP contribution is 2.38. The maximum Gasteiger partial charge on any atom is 0.255 e. The van der Waals surface area contributed by atoms with Crippen LogP contribution in [-0.2, 0) is 13.1 Å². The molecule has 3 aliphatic rings. The van der Waals surface area contributed by atoms with Gasteiger partial charge < -0.3 is 15.5 Å². The van der Waals surface area contributed by atoms with Gasteiger partial charge in [0.2, 0.25) is 0 Å². The van der Waals surface area contributed by atoms with Crippen LogP contribution in [0.25, 0.3) is 55.6 Å². The number of hydrogen-bond donors (Lipinski definition) is 2. The summed E-state index contributed by atoms with van der Waals surface area (Å²) in [5.41, 5.74) is 10.7. The molecule has 0 unspecified atom stereocenters. The summed E-state index contributed by atoms with van der Waals surface area (Å²) in [6.07, 6.45) is 4.02. The van der Waals surface area contributed by atoms with E-state index in [0.717, 1.165) is 76.2 Å². The molecule has 4 aromatic heterocycles. The van der Waals surface area contributed by atoms with E-state index in [1.807, 2.05) is 71.1 Å². The van der Waals surface area contributed by atoms with E-state index < -0.39 is 17.8 Å². The highest BCUT2D eigenvalue weighted by Gasteiger charge is 2.42. The first-order chi connectivity index (χ1) is 31.0. The summed E-state index contributed by atoms with van der Waals surface area (Å²) in [6.45, 7) is 6.08. The standard InChI is InChI=1S/C26H23F2N5.C23H24F2N6/c1-17-2-6-20(7-3-17)25-22(19-8-4-18(13-29)5-9-19)12-24-23(32-25)15-31-33(24)16-21-14-30-11-10-26(21,27)28;24-23(25)6-9-30(10-7-23)22-19(18-3-1-16(12-26)2-4-18)11-21-20(29-22)14-28-31(21)15-17-5-8-27-13-17/h2-9,12,15,21,30H,10-11,14,16H2,1H3;1-4,11,14,17,27H,5-10,13,15H2/t21-;17-/m00/s1. The fourth-order valence-electron chi connectivity index (χ4n) is 8.80. The zero-order valence-electron chi connectivity index (χ0n) is 35.4. The van der Waals surface area contributed by atoms with Gasteiger partial charge in [-0.25, -0.2) is 27.5 Å². The van der Waals surface area contributed by atoms with Crippen LogP contribution in [0.1, 0.15) is 42.4 Å². The second-order valence-electron chi connectivity index (χ2n) is 17.1. The molecule has 0 saturated carbocycles. The number of piperidine rings is 2. The SMILES string of the molecule is Cc1ccc(-c2nc3cnn(C[C@@H]4CNCCC4(F)F)c3cc2-c2ccc(C#N)cc2)cc1.N#Cc1ccc(-c2cc3c(cnn3C[C@H]3CCNC3)nc2N2CCC(F)(F)CC2)cc1. The molecule has 326 valence electrons. The molecule has 0 radical (unpaired) electrons. The van der Waals surface area contributed by atoms with Crippen LogP contribution in [0, 0.1) is 41.4 Å². The summed E-state index contributed by atoms with van der Waals surface area (Å²) in [5, 5.41) is 33.8. The largest absolute Gasteiger partial charge is 0.356 e. The third-order valence-corrected chi connectivity index (χ3v) is 12.6. The zero-order valence-corrected chi connectivity index (χ0v) is 35.4. The van der Waals surface area contributed by atoms with Gasteiger partial charge in [0.25, 0.3) is 11.8 Å². The summed E-state index contributed by atoms with van der Waals surface area (Å²) in [5.74, 6) is -4.94. The lowest BCUT2D eigenvalue weighted by atomic mass is 9.94. The number of hydrogen-bond acceptors (Lipinski definition) is 9. The first-order valence-corrected chi connectivity index (χ1v) is 21.7. The summed E-state index contributed by atoms with van der Waals surface area (Å²) in [4.78, 5) is 11.7. The molecule has 0 spiro atoms. The Morgan fingerprint density at radius 2 is 1.23 bits per heavy atom. The van der Waals surface area contributed by atoms with Gasteiger partial charge >= 0.3 is 0 Å². The van der Waals surface area contributed by atoms with Gasteiger partial charge in [-0.2, -0.15) is 20.7 Å². The van der Waals surface area contributed by atoms with Crippen LogP contribution in [0.4, 0.5) is 23.4 Å². The fraction of sp³-hybridized carbons (Fsp3) is 0.347. The Kier molecular flexibility index (Phi) is 11.9. The van der Waals surface area contributed by atoms with Gasteiger partial charge in [0.05, 0.1) is 64.8 Å². The molecule has 0 bridgehead atoms. The Morgan fingerprint density at radius 1 is 0.672 bits per heavy atom. The lowest BCUT2D eigenvalue weighted by molar-refractivity contribution is -0.0840. The first kappa shape index (κ1) is 42.6. The van der Waals surface area contributed by atoms with Crippen LogP contribution >= 0.6 is 0 Å². The van der Waals surface area contributed by atoms with Crippen LogP contribution in [0.5, 0.6) is 0 Å². The van der Waals surface area contributed by atoms with E-state index in [1.54, 1.807) is 41.3 Å². The van der Waals surface area contributed by atoms with E-state index in [-0.39, 0.29) is 45.4 Å². The van der Waals surface area contributed by atoms with E-state index in [4.69, 9.17) is 20.5 Å². The van der Waals surface area contributed by atoms with Gasteiger partial charge in [-0.3, -0.25) is 9.36 Å². The zero-order chi connectivity index (χ0) is 44.4. The Bertz CT molecular complexity index is 2840. The maximum atomic E-state index is 14.5. The summed E-state index contributed by atoms with van der Waals surface area (Å²) < 4.78 is 60.1. The van der Waals surface area contributed by atoms with Crippen molar-refractivity contribution < 1.29 is 17.6 Å². The first-order valence-electron chi connectivity index (χ1n) is 21.7. The van der Waals surface area contributed by atoms with Crippen molar-refractivity contribution >= 4 is 27.9 Å². The van der Waals surface area contributed by atoms with Gasteiger partial charge in [-0.15, -0.1) is 0 Å². The molecule has 3 fully saturated rings. The number of nitrogens with zero attached hydrogens (tertiary/aromatic N) is 9. The molecule has 3 aromatic carbocycles. The lowest BCUT2D eigenvalue weighted by Crippen LogP contribution is -2.46. The Morgan fingerprint density at radius 3 is 1.83 bits per heavy atom. The minimum Gasteiger partial charge on any atom is -0.356 e. The third-order valence-electron chi connectivity index (χ3n) is 12.6. The van der Waals surface area contributed by atoms with Gasteiger partial charge in [-0.1, -0.05) is 54.1 Å². The van der Waals surface area contributed by atoms with Crippen LogP contribution in [0.15, 0.2) is 97.3 Å². The smallest absolute Gasteiger partial charge is 0.255 e. The van der Waals surface area contributed by atoms with Gasteiger partial charge in [0.1, 0.15) is 16.9 Å². The second kappa shape index (κ2) is 17.8. The predicted octanol–water partition coefficient (Wildman–Crippen LogP) is 9.01. The number of alkyl halides is 4. The van der Waals surface area contributed by atoms with Crippen molar-refractivity contribution in [3.05, 3.63) is 114 Å². The number of nitrogens with one attached hydrogen (secondary N) is 2. The minimum atomic E-state index is -2.73. The van der Waals surface area contributed by atoms with Gasteiger partial charge in [0.15, 0.2) is 0 Å². The Hall–Kier alpha value is -6.68. The van der Waals surface area contributed by atoms with Crippen LogP contribution in [0.3, 0.4) is 0 Å². The molecular formula is C49H47F4N11. The fourth-order valence-corrected chi connectivity index (χ4v) is 8.80. The van der Waals surface area contributed by atoms with Crippen molar-refractivity contribution in [3.63, 3.8) is 0 Å². The number of nitriles is 2. The van der Waals surface area contributed by atoms with Crippen molar-refractivity contribution in [1.29, 1.82) is 10.5 Å². The monoisotopic (exact) mass is 865 g/mol. The van der Waals surface area contributed by atoms with E-state index in [2.05, 4.69) is 39.0 Å². The second-order valence-corrected chi connectivity index (χ2v) is 17.1. The molecule has 2 atom stereocenters. The summed E-state index contributed by atoms with van der Waals surface area (Å²) in [6, 6.07) is 31.1. The molecule has 2 N–H and O–H groups in total. The number of aryl methyl sites for hydroxylation is 1. The molecule has 7 heterocycles. The van der Waals surface area contributed by atoms with E-state index in [9.17, 15) is 17.6 Å². The average Bonchev–Trinajstić information content (AvgIpc) is 4.08. The molecular weight excluding hydrogens is 819 g/mol. The molecule has 7 aromatic rings. The van der Waals surface area contributed by atoms with Gasteiger partial charge in [-0.05, 0) is 79.9 Å². The number of benzene rings is 3. The van der Waals surface area contributed by atoms with E-state index in [0.29, 0.717) is 40.4 Å². The minimum absolute atomic E-state index is 0.113. The molecule has 0 aliphatic carbocycles. The van der Waals surface area contributed by atoms with Crippen LogP contribution in [-0.4, -0.2) is 80.6 Å². The van der Waals surface area contributed by atoms with Crippen molar-refractivity contribution in [2.75, 3.05) is 44.2 Å². The average molecular weight is 866 g/mol. The van der Waals surface area contributed by atoms with Crippen molar-refractivity contribution in [3.8, 4) is 45.6 Å². The van der Waals surface area contributed by atoms with Crippen molar-refractivity contribution in [2.45, 2.75) is 57.5 Å². The number of aromatic nitrogens is 6. The molecule has 15 heteroatoms. The Labute approximate surface area is 368 Å². The predicted molar refractivity (Wildman–Crippen MR) is 239 cm³/mol.